The Morgan fingerprint density at radius 3 is 2.17 bits per heavy atom. The largest absolute Gasteiger partial charge is 0.476 e. The van der Waals surface area contributed by atoms with Gasteiger partial charge in [0.15, 0.2) is 5.60 Å². The molecule has 0 heterocycles. The highest BCUT2D eigenvalue weighted by Crippen LogP contribution is 2.33. The normalized spacial score (nSPS) is 12.4. The lowest BCUT2D eigenvalue weighted by Gasteiger charge is -2.26. The maximum Gasteiger partial charge on any atom is 0.416 e. The topological polar surface area (TPSA) is 65.1 Å². The first kappa shape index (κ1) is 30.5. The molecule has 3 aromatic carbocycles. The van der Waals surface area contributed by atoms with Gasteiger partial charge in [-0.15, -0.1) is 0 Å². The molecule has 0 spiro atoms. The fourth-order valence-electron chi connectivity index (χ4n) is 3.85. The first-order valence-corrected chi connectivity index (χ1v) is 12.5. The van der Waals surface area contributed by atoms with Gasteiger partial charge < -0.3 is 19.1 Å². The summed E-state index contributed by atoms with van der Waals surface area (Å²) < 4.78 is 69.9. The Hall–Kier alpha value is -4.08. The average Bonchev–Trinajstić information content (AvgIpc) is 2.88. The van der Waals surface area contributed by atoms with E-state index in [1.807, 2.05) is 0 Å². The van der Waals surface area contributed by atoms with Crippen LogP contribution < -0.4 is 9.47 Å². The van der Waals surface area contributed by atoms with E-state index in [9.17, 15) is 27.2 Å². The van der Waals surface area contributed by atoms with Crippen LogP contribution in [0.25, 0.3) is 0 Å². The van der Waals surface area contributed by atoms with Gasteiger partial charge in [0, 0.05) is 18.7 Å². The van der Waals surface area contributed by atoms with Crippen LogP contribution in [0.15, 0.2) is 60.7 Å². The summed E-state index contributed by atoms with van der Waals surface area (Å²) in [6, 6.07) is 12.2. The molecule has 214 valence electrons. The maximum atomic E-state index is 14.5. The quantitative estimate of drug-likeness (QED) is 0.200. The van der Waals surface area contributed by atoms with Crippen molar-refractivity contribution in [1.82, 2.24) is 4.90 Å². The second-order valence-corrected chi connectivity index (χ2v) is 9.75. The monoisotopic (exact) mass is 561 g/mol. The Bertz CT molecular complexity index is 1370. The van der Waals surface area contributed by atoms with E-state index < -0.39 is 41.1 Å². The number of carbonyl (C=O) groups is 2. The van der Waals surface area contributed by atoms with Crippen LogP contribution in [-0.4, -0.2) is 36.0 Å². The zero-order valence-corrected chi connectivity index (χ0v) is 23.1. The van der Waals surface area contributed by atoms with Gasteiger partial charge in [-0.2, -0.15) is 13.2 Å². The van der Waals surface area contributed by atoms with Crippen molar-refractivity contribution in [2.45, 2.75) is 52.4 Å². The molecule has 0 aliphatic carbocycles. The Morgan fingerprint density at radius 2 is 1.60 bits per heavy atom. The summed E-state index contributed by atoms with van der Waals surface area (Å²) >= 11 is 0. The van der Waals surface area contributed by atoms with Crippen LogP contribution in [-0.2, 0) is 15.7 Å². The molecule has 1 atom stereocenters. The number of hydrogen-bond acceptors (Lipinski definition) is 5. The summed E-state index contributed by atoms with van der Waals surface area (Å²) in [4.78, 5) is 26.4. The number of halogens is 4. The molecule has 6 nitrogen and oxygen atoms in total. The highest BCUT2D eigenvalue weighted by molar-refractivity contribution is 5.94. The molecule has 3 aromatic rings. The number of hydrogen-bond donors (Lipinski definition) is 0. The first-order valence-electron chi connectivity index (χ1n) is 12.5. The van der Waals surface area contributed by atoms with Gasteiger partial charge in [-0.3, -0.25) is 4.79 Å². The molecular weight excluding hydrogens is 530 g/mol. The summed E-state index contributed by atoms with van der Waals surface area (Å²) in [6.45, 7) is 8.57. The molecule has 0 unspecified atom stereocenters. The van der Waals surface area contributed by atoms with Crippen molar-refractivity contribution in [3.05, 3.63) is 88.7 Å². The predicted molar refractivity (Wildman–Crippen MR) is 141 cm³/mol. The zero-order chi connectivity index (χ0) is 29.8. The molecule has 0 aliphatic rings. The van der Waals surface area contributed by atoms with Crippen molar-refractivity contribution in [2.24, 2.45) is 0 Å². The van der Waals surface area contributed by atoms with E-state index in [0.717, 1.165) is 24.3 Å². The minimum absolute atomic E-state index is 0.0687. The second kappa shape index (κ2) is 12.0. The fourth-order valence-corrected chi connectivity index (χ4v) is 3.85. The van der Waals surface area contributed by atoms with E-state index in [0.29, 0.717) is 22.6 Å². The third-order valence-electron chi connectivity index (χ3n) is 6.25. The van der Waals surface area contributed by atoms with Crippen LogP contribution in [0.2, 0.25) is 0 Å². The number of benzene rings is 3. The highest BCUT2D eigenvalue weighted by atomic mass is 19.4. The van der Waals surface area contributed by atoms with E-state index in [4.69, 9.17) is 14.2 Å². The number of rotatable bonds is 9. The number of carbonyl (C=O) groups excluding carboxylic acids is 2. The minimum atomic E-state index is -4.51. The molecule has 0 N–H and O–H groups in total. The van der Waals surface area contributed by atoms with E-state index in [1.54, 1.807) is 58.9 Å². The highest BCUT2D eigenvalue weighted by Gasteiger charge is 2.32. The SMILES string of the molecule is CCOC(=O)C(C)(C)Oc1ccc(Oc2cc(F)cc([C@@H](C)N(C)C(=O)c3ccc(C(F)(F)F)cc3)c2)cc1C. The van der Waals surface area contributed by atoms with Gasteiger partial charge in [0.25, 0.3) is 5.91 Å². The summed E-state index contributed by atoms with van der Waals surface area (Å²) in [5, 5.41) is 0. The third kappa shape index (κ3) is 7.31. The summed E-state index contributed by atoms with van der Waals surface area (Å²) in [5.74, 6) is -0.609. The number of alkyl halides is 3. The molecule has 40 heavy (non-hydrogen) atoms. The van der Waals surface area contributed by atoms with Crippen molar-refractivity contribution < 1.29 is 41.4 Å². The van der Waals surface area contributed by atoms with E-state index in [1.165, 1.54) is 24.1 Å². The van der Waals surface area contributed by atoms with Gasteiger partial charge in [0.05, 0.1) is 18.2 Å². The lowest BCUT2D eigenvalue weighted by atomic mass is 10.0. The van der Waals surface area contributed by atoms with E-state index >= 15 is 0 Å². The van der Waals surface area contributed by atoms with E-state index in [2.05, 4.69) is 0 Å². The van der Waals surface area contributed by atoms with Crippen molar-refractivity contribution in [3.63, 3.8) is 0 Å². The number of aryl methyl sites for hydroxylation is 1. The molecule has 0 saturated carbocycles. The van der Waals surface area contributed by atoms with Crippen LogP contribution in [0.5, 0.6) is 17.2 Å². The molecule has 0 aliphatic heterocycles. The van der Waals surface area contributed by atoms with Crippen LogP contribution in [0.1, 0.15) is 60.8 Å². The lowest BCUT2D eigenvalue weighted by Crippen LogP contribution is -2.39. The van der Waals surface area contributed by atoms with Crippen LogP contribution in [0, 0.1) is 12.7 Å². The third-order valence-corrected chi connectivity index (χ3v) is 6.25. The van der Waals surface area contributed by atoms with Crippen molar-refractivity contribution in [3.8, 4) is 17.2 Å². The molecule has 10 heteroatoms. The minimum Gasteiger partial charge on any atom is -0.476 e. The van der Waals surface area contributed by atoms with Crippen molar-refractivity contribution in [2.75, 3.05) is 13.7 Å². The number of amides is 1. The lowest BCUT2D eigenvalue weighted by molar-refractivity contribution is -0.158. The smallest absolute Gasteiger partial charge is 0.416 e. The maximum absolute atomic E-state index is 14.5. The van der Waals surface area contributed by atoms with Crippen LogP contribution >= 0.6 is 0 Å². The van der Waals surface area contributed by atoms with Gasteiger partial charge in [-0.05, 0) is 100 Å². The first-order chi connectivity index (χ1) is 18.6. The number of nitrogens with zero attached hydrogens (tertiary/aromatic N) is 1. The molecule has 0 fully saturated rings. The Balaban J connectivity index is 1.76. The second-order valence-electron chi connectivity index (χ2n) is 9.75. The molecule has 1 amide bonds. The average molecular weight is 562 g/mol. The molecule has 3 rings (SSSR count). The predicted octanol–water partition coefficient (Wildman–Crippen LogP) is 7.50. The van der Waals surface area contributed by atoms with Crippen LogP contribution in [0.4, 0.5) is 17.6 Å². The molecule has 0 saturated heterocycles. The number of esters is 1. The van der Waals surface area contributed by atoms with E-state index in [-0.39, 0.29) is 17.9 Å². The van der Waals surface area contributed by atoms with Crippen molar-refractivity contribution >= 4 is 11.9 Å². The van der Waals surface area contributed by atoms with Crippen molar-refractivity contribution in [1.29, 1.82) is 0 Å². The van der Waals surface area contributed by atoms with Gasteiger partial charge in [-0.1, -0.05) is 0 Å². The van der Waals surface area contributed by atoms with Gasteiger partial charge in [0.1, 0.15) is 23.1 Å². The van der Waals surface area contributed by atoms with Gasteiger partial charge in [-0.25, -0.2) is 9.18 Å². The zero-order valence-electron chi connectivity index (χ0n) is 23.1. The summed E-state index contributed by atoms with van der Waals surface area (Å²) in [7, 11) is 1.48. The Kier molecular flexibility index (Phi) is 9.12. The van der Waals surface area contributed by atoms with Gasteiger partial charge in [0.2, 0.25) is 0 Å². The van der Waals surface area contributed by atoms with Gasteiger partial charge >= 0.3 is 12.1 Å². The fraction of sp³-hybridized carbons (Fsp3) is 0.333. The summed E-state index contributed by atoms with van der Waals surface area (Å²) in [5.41, 5.74) is -0.906. The molecule has 0 bridgehead atoms. The molecule has 0 radical (unpaired) electrons. The number of ether oxygens (including phenoxy) is 3. The standard InChI is InChI=1S/C30H31F4NO5/c1-7-38-28(37)29(4,5)40-26-13-12-24(14-18(26)2)39-25-16-21(15-23(31)17-25)19(3)35(6)27(36)20-8-10-22(11-9-20)30(32,33)34/h8-17,19H,7H2,1-6H3/t19-/m1/s1. The Labute approximate surface area is 230 Å². The van der Waals surface area contributed by atoms with Crippen LogP contribution in [0.3, 0.4) is 0 Å². The summed E-state index contributed by atoms with van der Waals surface area (Å²) in [6.07, 6.45) is -4.51. The molecular formula is C30H31F4NO5. The Morgan fingerprint density at radius 1 is 0.950 bits per heavy atom. The molecule has 0 aromatic heterocycles.